The van der Waals surface area contributed by atoms with Crippen molar-refractivity contribution < 1.29 is 4.79 Å². The standard InChI is InChI=1S/C18H19ClN2O.ClH/c19-16-7-5-13(6-8-16)9-10-20-18(22)17-11-14-3-1-2-4-15(14)12-21-17;/h1-8,17,21H,9-12H2,(H,20,22);1H. The van der Waals surface area contributed by atoms with Crippen LogP contribution in [-0.2, 0) is 24.2 Å². The molecule has 1 unspecified atom stereocenters. The first-order chi connectivity index (χ1) is 10.7. The molecule has 2 aromatic rings. The van der Waals surface area contributed by atoms with Crippen molar-refractivity contribution in [2.75, 3.05) is 6.54 Å². The number of nitrogens with one attached hydrogen (secondary N) is 2. The summed E-state index contributed by atoms with van der Waals surface area (Å²) in [7, 11) is 0. The SMILES string of the molecule is Cl.O=C(NCCc1ccc(Cl)cc1)C1Cc2ccccc2CN1. The first kappa shape index (κ1) is 17.8. The van der Waals surface area contributed by atoms with Crippen LogP contribution in [0, 0.1) is 0 Å². The molecule has 0 aromatic heterocycles. The van der Waals surface area contributed by atoms with E-state index in [0.717, 1.165) is 24.4 Å². The highest BCUT2D eigenvalue weighted by Gasteiger charge is 2.23. The molecule has 2 aromatic carbocycles. The van der Waals surface area contributed by atoms with E-state index in [1.807, 2.05) is 36.4 Å². The van der Waals surface area contributed by atoms with Crippen LogP contribution in [0.15, 0.2) is 48.5 Å². The van der Waals surface area contributed by atoms with Crippen LogP contribution in [0.4, 0.5) is 0 Å². The van der Waals surface area contributed by atoms with E-state index in [2.05, 4.69) is 22.8 Å². The van der Waals surface area contributed by atoms with E-state index in [1.165, 1.54) is 16.7 Å². The van der Waals surface area contributed by atoms with Gasteiger partial charge in [-0.05, 0) is 41.7 Å². The van der Waals surface area contributed by atoms with Crippen LogP contribution in [0.25, 0.3) is 0 Å². The highest BCUT2D eigenvalue weighted by atomic mass is 35.5. The molecule has 3 rings (SSSR count). The normalized spacial score (nSPS) is 16.1. The monoisotopic (exact) mass is 350 g/mol. The van der Waals surface area contributed by atoms with E-state index in [-0.39, 0.29) is 24.4 Å². The third-order valence-electron chi connectivity index (χ3n) is 4.02. The van der Waals surface area contributed by atoms with Crippen LogP contribution in [0.3, 0.4) is 0 Å². The van der Waals surface area contributed by atoms with Crippen molar-refractivity contribution >= 4 is 29.9 Å². The zero-order valence-corrected chi connectivity index (χ0v) is 14.3. The lowest BCUT2D eigenvalue weighted by Crippen LogP contribution is -2.48. The summed E-state index contributed by atoms with van der Waals surface area (Å²) in [5.41, 5.74) is 3.72. The minimum atomic E-state index is -0.139. The van der Waals surface area contributed by atoms with E-state index < -0.39 is 0 Å². The Morgan fingerprint density at radius 1 is 1.13 bits per heavy atom. The number of fused-ring (bicyclic) bond motifs is 1. The number of rotatable bonds is 4. The van der Waals surface area contributed by atoms with E-state index in [9.17, 15) is 4.79 Å². The second-order valence-electron chi connectivity index (χ2n) is 5.57. The fourth-order valence-electron chi connectivity index (χ4n) is 2.74. The highest BCUT2D eigenvalue weighted by molar-refractivity contribution is 6.30. The Balaban J connectivity index is 0.00000192. The van der Waals surface area contributed by atoms with Crippen LogP contribution in [0.5, 0.6) is 0 Å². The van der Waals surface area contributed by atoms with Crippen LogP contribution in [0.2, 0.25) is 5.02 Å². The second kappa shape index (κ2) is 8.34. The molecule has 0 fully saturated rings. The van der Waals surface area contributed by atoms with E-state index in [4.69, 9.17) is 11.6 Å². The van der Waals surface area contributed by atoms with Gasteiger partial charge in [0, 0.05) is 18.1 Å². The van der Waals surface area contributed by atoms with Crippen LogP contribution >= 0.6 is 24.0 Å². The van der Waals surface area contributed by atoms with E-state index >= 15 is 0 Å². The zero-order chi connectivity index (χ0) is 15.4. The Labute approximate surface area is 147 Å². The van der Waals surface area contributed by atoms with Crippen molar-refractivity contribution in [2.24, 2.45) is 0 Å². The molecule has 2 N–H and O–H groups in total. The van der Waals surface area contributed by atoms with Gasteiger partial charge in [0.05, 0.1) is 6.04 Å². The van der Waals surface area contributed by atoms with Gasteiger partial charge in [0.25, 0.3) is 0 Å². The first-order valence-electron chi connectivity index (χ1n) is 7.55. The van der Waals surface area contributed by atoms with Gasteiger partial charge in [0.2, 0.25) is 5.91 Å². The molecule has 0 aliphatic carbocycles. The number of hydrogen-bond donors (Lipinski definition) is 2. The number of halogens is 2. The Hall–Kier alpha value is -1.55. The van der Waals surface area contributed by atoms with Crippen molar-refractivity contribution in [3.63, 3.8) is 0 Å². The molecule has 3 nitrogen and oxygen atoms in total. The third-order valence-corrected chi connectivity index (χ3v) is 4.28. The molecule has 122 valence electrons. The molecule has 1 aliphatic heterocycles. The van der Waals surface area contributed by atoms with Gasteiger partial charge in [-0.1, -0.05) is 48.0 Å². The van der Waals surface area contributed by atoms with Gasteiger partial charge in [0.1, 0.15) is 0 Å². The lowest BCUT2D eigenvalue weighted by molar-refractivity contribution is -0.123. The average Bonchev–Trinajstić information content (AvgIpc) is 2.56. The first-order valence-corrected chi connectivity index (χ1v) is 7.92. The zero-order valence-electron chi connectivity index (χ0n) is 12.7. The smallest absolute Gasteiger partial charge is 0.237 e. The topological polar surface area (TPSA) is 41.1 Å². The summed E-state index contributed by atoms with van der Waals surface area (Å²) in [5, 5.41) is 7.05. The average molecular weight is 351 g/mol. The molecular formula is C18H20Cl2N2O. The lowest BCUT2D eigenvalue weighted by atomic mass is 9.95. The molecule has 0 radical (unpaired) electrons. The molecule has 0 bridgehead atoms. The van der Waals surface area contributed by atoms with Gasteiger partial charge in [-0.25, -0.2) is 0 Å². The molecule has 1 aliphatic rings. The quantitative estimate of drug-likeness (QED) is 0.889. The maximum Gasteiger partial charge on any atom is 0.237 e. The molecule has 1 heterocycles. The van der Waals surface area contributed by atoms with Gasteiger partial charge in [-0.3, -0.25) is 4.79 Å². The minimum Gasteiger partial charge on any atom is -0.354 e. The predicted octanol–water partition coefficient (Wildman–Crippen LogP) is 3.14. The second-order valence-corrected chi connectivity index (χ2v) is 6.01. The molecule has 5 heteroatoms. The number of amides is 1. The van der Waals surface area contributed by atoms with Gasteiger partial charge in [0.15, 0.2) is 0 Å². The Bertz CT molecular complexity index is 658. The molecule has 1 atom stereocenters. The molecule has 0 saturated heterocycles. The Kier molecular flexibility index (Phi) is 6.46. The summed E-state index contributed by atoms with van der Waals surface area (Å²) in [6, 6.07) is 15.9. The van der Waals surface area contributed by atoms with Crippen molar-refractivity contribution in [2.45, 2.75) is 25.4 Å². The van der Waals surface area contributed by atoms with E-state index in [1.54, 1.807) is 0 Å². The van der Waals surface area contributed by atoms with Crippen LogP contribution in [-0.4, -0.2) is 18.5 Å². The number of carbonyl (C=O) groups is 1. The molecule has 0 spiro atoms. The van der Waals surface area contributed by atoms with Crippen LogP contribution < -0.4 is 10.6 Å². The molecule has 0 saturated carbocycles. The summed E-state index contributed by atoms with van der Waals surface area (Å²) in [6.07, 6.45) is 1.56. The maximum atomic E-state index is 12.3. The maximum absolute atomic E-state index is 12.3. The lowest BCUT2D eigenvalue weighted by Gasteiger charge is -2.25. The fraction of sp³-hybridized carbons (Fsp3) is 0.278. The van der Waals surface area contributed by atoms with Crippen molar-refractivity contribution in [1.29, 1.82) is 0 Å². The summed E-state index contributed by atoms with van der Waals surface area (Å²) in [4.78, 5) is 12.3. The minimum absolute atomic E-state index is 0. The fourth-order valence-corrected chi connectivity index (χ4v) is 2.87. The molecule has 23 heavy (non-hydrogen) atoms. The summed E-state index contributed by atoms with van der Waals surface area (Å²) < 4.78 is 0. The summed E-state index contributed by atoms with van der Waals surface area (Å²) in [6.45, 7) is 1.39. The van der Waals surface area contributed by atoms with Gasteiger partial charge in [-0.15, -0.1) is 12.4 Å². The summed E-state index contributed by atoms with van der Waals surface area (Å²) >= 11 is 5.86. The third kappa shape index (κ3) is 4.71. The predicted molar refractivity (Wildman–Crippen MR) is 96.2 cm³/mol. The van der Waals surface area contributed by atoms with Gasteiger partial charge < -0.3 is 10.6 Å². The van der Waals surface area contributed by atoms with Crippen molar-refractivity contribution in [3.8, 4) is 0 Å². The number of benzene rings is 2. The molecular weight excluding hydrogens is 331 g/mol. The summed E-state index contributed by atoms with van der Waals surface area (Å²) in [5.74, 6) is 0.0727. The Morgan fingerprint density at radius 2 is 1.83 bits per heavy atom. The van der Waals surface area contributed by atoms with Crippen molar-refractivity contribution in [3.05, 3.63) is 70.2 Å². The Morgan fingerprint density at radius 3 is 2.57 bits per heavy atom. The van der Waals surface area contributed by atoms with E-state index in [0.29, 0.717) is 6.54 Å². The van der Waals surface area contributed by atoms with Crippen LogP contribution in [0.1, 0.15) is 16.7 Å². The van der Waals surface area contributed by atoms with Gasteiger partial charge in [-0.2, -0.15) is 0 Å². The van der Waals surface area contributed by atoms with Crippen molar-refractivity contribution in [1.82, 2.24) is 10.6 Å². The largest absolute Gasteiger partial charge is 0.354 e. The molecule has 1 amide bonds. The van der Waals surface area contributed by atoms with Gasteiger partial charge >= 0.3 is 0 Å². The number of carbonyl (C=O) groups excluding carboxylic acids is 1. The number of hydrogen-bond acceptors (Lipinski definition) is 2. The highest BCUT2D eigenvalue weighted by Crippen LogP contribution is 2.16.